The van der Waals surface area contributed by atoms with Gasteiger partial charge in [0.2, 0.25) is 0 Å². The van der Waals surface area contributed by atoms with Crippen molar-refractivity contribution in [2.45, 2.75) is 25.6 Å². The van der Waals surface area contributed by atoms with Crippen LogP contribution in [0.25, 0.3) is 5.69 Å². The number of carbonyl (C=O) groups is 2. The lowest BCUT2D eigenvalue weighted by Crippen LogP contribution is -2.35. The van der Waals surface area contributed by atoms with E-state index in [0.717, 1.165) is 12.1 Å². The molecule has 1 amide bonds. The van der Waals surface area contributed by atoms with Crippen LogP contribution in [0.5, 0.6) is 0 Å². The number of nitrogens with zero attached hydrogens (tertiary/aromatic N) is 3. The fraction of sp³-hybridized carbons (Fsp3) is 0.286. The molecule has 0 aliphatic heterocycles. The molecule has 1 aromatic heterocycles. The van der Waals surface area contributed by atoms with Crippen molar-refractivity contribution >= 4 is 11.9 Å². The average molecular weight is 360 g/mol. The van der Waals surface area contributed by atoms with E-state index >= 15 is 0 Å². The summed E-state index contributed by atoms with van der Waals surface area (Å²) >= 11 is 0. The molecule has 1 aromatic carbocycles. The van der Waals surface area contributed by atoms with E-state index in [0.29, 0.717) is 0 Å². The summed E-state index contributed by atoms with van der Waals surface area (Å²) in [5, 5.41) is 17.2. The topological polar surface area (TPSA) is 97.1 Å². The molecule has 0 bridgehead atoms. The van der Waals surface area contributed by atoms with Crippen LogP contribution in [-0.4, -0.2) is 38.0 Å². The average Bonchev–Trinajstić information content (AvgIpc) is 2.91. The molecule has 0 saturated carbocycles. The van der Waals surface area contributed by atoms with Gasteiger partial charge in [0, 0.05) is 6.04 Å². The second kappa shape index (κ2) is 6.87. The molecule has 0 aliphatic rings. The number of nitrogens with one attached hydrogen (secondary N) is 1. The third-order valence-electron chi connectivity index (χ3n) is 3.09. The minimum Gasteiger partial charge on any atom is -0.481 e. The van der Waals surface area contributed by atoms with Crippen molar-refractivity contribution in [2.75, 3.05) is 0 Å². The van der Waals surface area contributed by atoms with Gasteiger partial charge in [0.1, 0.15) is 11.5 Å². The summed E-state index contributed by atoms with van der Waals surface area (Å²) in [5.41, 5.74) is -3.16. The Bertz CT molecular complexity index is 804. The number of para-hydroxylation sites is 1. The zero-order valence-corrected chi connectivity index (χ0v) is 12.7. The lowest BCUT2D eigenvalue weighted by Gasteiger charge is -2.13. The van der Waals surface area contributed by atoms with E-state index in [9.17, 15) is 27.2 Å². The number of hydrogen-bond acceptors (Lipinski definition) is 4. The Morgan fingerprint density at radius 3 is 2.52 bits per heavy atom. The molecular formula is C14H12F4N4O3. The normalized spacial score (nSPS) is 12.7. The molecule has 0 aliphatic carbocycles. The molecule has 7 nitrogen and oxygen atoms in total. The lowest BCUT2D eigenvalue weighted by atomic mass is 10.2. The van der Waals surface area contributed by atoms with Crippen LogP contribution in [0.4, 0.5) is 17.6 Å². The quantitative estimate of drug-likeness (QED) is 0.795. The molecule has 1 heterocycles. The van der Waals surface area contributed by atoms with Crippen LogP contribution in [0, 0.1) is 5.82 Å². The molecule has 0 spiro atoms. The molecule has 134 valence electrons. The third-order valence-corrected chi connectivity index (χ3v) is 3.09. The summed E-state index contributed by atoms with van der Waals surface area (Å²) in [6.07, 6.45) is -5.54. The van der Waals surface area contributed by atoms with Crippen molar-refractivity contribution in [3.8, 4) is 5.69 Å². The van der Waals surface area contributed by atoms with Crippen LogP contribution in [-0.2, 0) is 11.0 Å². The van der Waals surface area contributed by atoms with Crippen LogP contribution < -0.4 is 5.32 Å². The Balaban J connectivity index is 2.45. The number of carbonyl (C=O) groups excluding carboxylic acids is 1. The van der Waals surface area contributed by atoms with Crippen molar-refractivity contribution in [3.05, 3.63) is 41.5 Å². The van der Waals surface area contributed by atoms with Gasteiger partial charge in [0.05, 0.1) is 6.42 Å². The van der Waals surface area contributed by atoms with E-state index in [1.54, 1.807) is 0 Å². The number of aromatic nitrogens is 3. The fourth-order valence-corrected chi connectivity index (χ4v) is 2.09. The Labute approximate surface area is 138 Å². The minimum atomic E-state index is -5.05. The summed E-state index contributed by atoms with van der Waals surface area (Å²) < 4.78 is 54.1. The summed E-state index contributed by atoms with van der Waals surface area (Å²) in [7, 11) is 0. The van der Waals surface area contributed by atoms with Gasteiger partial charge in [-0.1, -0.05) is 17.3 Å². The van der Waals surface area contributed by atoms with Gasteiger partial charge in [-0.15, -0.1) is 5.10 Å². The van der Waals surface area contributed by atoms with E-state index in [4.69, 9.17) is 5.11 Å². The second-order valence-electron chi connectivity index (χ2n) is 5.12. The number of alkyl halides is 3. The number of halogens is 4. The fourth-order valence-electron chi connectivity index (χ4n) is 2.09. The molecule has 0 radical (unpaired) electrons. The standard InChI is InChI=1S/C14H12F4N4O3/c1-7(6-10(23)24)19-13(25)11-12(14(16,17)18)22(21-20-11)9-5-3-2-4-8(9)15/h2-5,7H,6H2,1H3,(H,19,25)(H,23,24). The SMILES string of the molecule is CC(CC(=O)O)NC(=O)c1nnn(-c2ccccc2F)c1C(F)(F)F. The molecule has 1 unspecified atom stereocenters. The molecule has 2 N–H and O–H groups in total. The van der Waals surface area contributed by atoms with E-state index < -0.39 is 53.4 Å². The highest BCUT2D eigenvalue weighted by Crippen LogP contribution is 2.33. The van der Waals surface area contributed by atoms with Gasteiger partial charge >= 0.3 is 12.1 Å². The molecule has 1 atom stereocenters. The van der Waals surface area contributed by atoms with Gasteiger partial charge in [-0.2, -0.15) is 13.2 Å². The summed E-state index contributed by atoms with van der Waals surface area (Å²) in [4.78, 5) is 22.6. The zero-order chi connectivity index (χ0) is 18.8. The van der Waals surface area contributed by atoms with Crippen molar-refractivity contribution in [3.63, 3.8) is 0 Å². The first-order valence-corrected chi connectivity index (χ1v) is 6.91. The number of carboxylic acid groups (broad SMARTS) is 1. The maximum absolute atomic E-state index is 13.8. The second-order valence-corrected chi connectivity index (χ2v) is 5.12. The van der Waals surface area contributed by atoms with Crippen LogP contribution in [0.3, 0.4) is 0 Å². The van der Waals surface area contributed by atoms with Crippen molar-refractivity contribution in [1.82, 2.24) is 20.3 Å². The monoisotopic (exact) mass is 360 g/mol. The van der Waals surface area contributed by atoms with Crippen molar-refractivity contribution in [1.29, 1.82) is 0 Å². The number of aliphatic carboxylic acids is 1. The smallest absolute Gasteiger partial charge is 0.435 e. The highest BCUT2D eigenvalue weighted by atomic mass is 19.4. The van der Waals surface area contributed by atoms with Gasteiger partial charge in [0.25, 0.3) is 5.91 Å². The Kier molecular flexibility index (Phi) is 5.04. The highest BCUT2D eigenvalue weighted by molar-refractivity contribution is 5.94. The van der Waals surface area contributed by atoms with Crippen LogP contribution in [0.15, 0.2) is 24.3 Å². The first-order valence-electron chi connectivity index (χ1n) is 6.91. The number of rotatable bonds is 5. The first kappa shape index (κ1) is 18.4. The maximum Gasteiger partial charge on any atom is 0.435 e. The molecule has 11 heteroatoms. The van der Waals surface area contributed by atoms with Crippen LogP contribution in [0.1, 0.15) is 29.5 Å². The van der Waals surface area contributed by atoms with Crippen LogP contribution >= 0.6 is 0 Å². The Morgan fingerprint density at radius 2 is 1.96 bits per heavy atom. The van der Waals surface area contributed by atoms with Crippen molar-refractivity contribution < 1.29 is 32.3 Å². The summed E-state index contributed by atoms with van der Waals surface area (Å²) in [6.45, 7) is 1.31. The number of carboxylic acids is 1. The van der Waals surface area contributed by atoms with E-state index in [-0.39, 0.29) is 4.68 Å². The van der Waals surface area contributed by atoms with Gasteiger partial charge < -0.3 is 10.4 Å². The predicted octanol–water partition coefficient (Wildman–Crippen LogP) is 2.02. The van der Waals surface area contributed by atoms with Crippen LogP contribution in [0.2, 0.25) is 0 Å². The van der Waals surface area contributed by atoms with Gasteiger partial charge in [0.15, 0.2) is 11.4 Å². The Morgan fingerprint density at radius 1 is 1.32 bits per heavy atom. The molecule has 2 aromatic rings. The predicted molar refractivity (Wildman–Crippen MR) is 75.5 cm³/mol. The minimum absolute atomic E-state index is 0.187. The molecule has 2 rings (SSSR count). The van der Waals surface area contributed by atoms with Crippen molar-refractivity contribution in [2.24, 2.45) is 0 Å². The molecule has 25 heavy (non-hydrogen) atoms. The van der Waals surface area contributed by atoms with E-state index in [1.807, 2.05) is 0 Å². The number of benzene rings is 1. The number of amides is 1. The van der Waals surface area contributed by atoms with E-state index in [2.05, 4.69) is 15.6 Å². The van der Waals surface area contributed by atoms with Gasteiger partial charge in [-0.3, -0.25) is 9.59 Å². The summed E-state index contributed by atoms with van der Waals surface area (Å²) in [6, 6.07) is 3.63. The third kappa shape index (κ3) is 4.11. The maximum atomic E-state index is 13.8. The Hall–Kier alpha value is -2.98. The molecule has 0 saturated heterocycles. The highest BCUT2D eigenvalue weighted by Gasteiger charge is 2.42. The first-order chi connectivity index (χ1) is 11.6. The van der Waals surface area contributed by atoms with Gasteiger partial charge in [-0.05, 0) is 19.1 Å². The summed E-state index contributed by atoms with van der Waals surface area (Å²) in [5.74, 6) is -3.48. The zero-order valence-electron chi connectivity index (χ0n) is 12.7. The molecule has 0 fully saturated rings. The largest absolute Gasteiger partial charge is 0.481 e. The van der Waals surface area contributed by atoms with Gasteiger partial charge in [-0.25, -0.2) is 9.07 Å². The lowest BCUT2D eigenvalue weighted by molar-refractivity contribution is -0.143. The molecular weight excluding hydrogens is 348 g/mol. The number of hydrogen-bond donors (Lipinski definition) is 2. The van der Waals surface area contributed by atoms with E-state index in [1.165, 1.54) is 19.1 Å².